The van der Waals surface area contributed by atoms with Gasteiger partial charge in [-0.25, -0.2) is 0 Å². The monoisotopic (exact) mass is 303 g/mol. The number of rotatable bonds is 5. The highest BCUT2D eigenvalue weighted by Crippen LogP contribution is 2.30. The first-order chi connectivity index (χ1) is 10.4. The van der Waals surface area contributed by atoms with Gasteiger partial charge in [-0.05, 0) is 37.2 Å². The van der Waals surface area contributed by atoms with E-state index in [2.05, 4.69) is 24.5 Å². The van der Waals surface area contributed by atoms with Crippen molar-refractivity contribution in [3.63, 3.8) is 0 Å². The van der Waals surface area contributed by atoms with E-state index >= 15 is 0 Å². The quantitative estimate of drug-likeness (QED) is 0.866. The second kappa shape index (κ2) is 5.45. The molecular weight excluding hydrogens is 278 g/mol. The van der Waals surface area contributed by atoms with E-state index in [1.165, 1.54) is 0 Å². The van der Waals surface area contributed by atoms with Crippen LogP contribution in [0.4, 0.5) is 0 Å². The van der Waals surface area contributed by atoms with Gasteiger partial charge in [-0.15, -0.1) is 0 Å². The molecule has 3 rings (SSSR count). The summed E-state index contributed by atoms with van der Waals surface area (Å²) in [5, 5.41) is 6.09. The lowest BCUT2D eigenvalue weighted by molar-refractivity contribution is -0.120. The molecule has 2 aliphatic carbocycles. The van der Waals surface area contributed by atoms with Crippen LogP contribution in [0.5, 0.6) is 0 Å². The van der Waals surface area contributed by atoms with E-state index in [1.807, 2.05) is 24.7 Å². The number of nitrogens with zero attached hydrogens (tertiary/aromatic N) is 1. The second-order valence-corrected chi connectivity index (χ2v) is 7.10. The molecule has 1 heterocycles. The van der Waals surface area contributed by atoms with Crippen LogP contribution < -0.4 is 10.6 Å². The number of amides is 2. The largest absolute Gasteiger partial charge is 0.353 e. The Labute approximate surface area is 131 Å². The van der Waals surface area contributed by atoms with Crippen molar-refractivity contribution in [1.29, 1.82) is 0 Å². The van der Waals surface area contributed by atoms with Gasteiger partial charge in [-0.2, -0.15) is 0 Å². The molecule has 0 radical (unpaired) electrons. The third kappa shape index (κ3) is 3.03. The molecule has 2 saturated carbocycles. The molecule has 1 aromatic heterocycles. The minimum Gasteiger partial charge on any atom is -0.353 e. The Morgan fingerprint density at radius 1 is 1.18 bits per heavy atom. The standard InChI is InChI=1S/C17H25N3O2/c1-9-5-12(9)18-15(21)7-14-16(11(3)8-20(14)4)17(22)19-13-6-10(13)2/h8-10,12-13H,5-7H2,1-4H3,(H,18,21)(H,19,22)/t9-,10-,12-,13-/m0/s1. The van der Waals surface area contributed by atoms with Crippen molar-refractivity contribution in [1.82, 2.24) is 15.2 Å². The van der Waals surface area contributed by atoms with Gasteiger partial charge in [-0.1, -0.05) is 13.8 Å². The van der Waals surface area contributed by atoms with Crippen LogP contribution in [0.2, 0.25) is 0 Å². The lowest BCUT2D eigenvalue weighted by Gasteiger charge is -2.10. The highest BCUT2D eigenvalue weighted by molar-refractivity contribution is 5.98. The maximum atomic E-state index is 12.5. The highest BCUT2D eigenvalue weighted by Gasteiger charge is 2.36. The molecule has 0 spiro atoms. The predicted molar refractivity (Wildman–Crippen MR) is 84.6 cm³/mol. The van der Waals surface area contributed by atoms with Gasteiger partial charge in [0.25, 0.3) is 5.91 Å². The van der Waals surface area contributed by atoms with Crippen molar-refractivity contribution in [3.8, 4) is 0 Å². The van der Waals surface area contributed by atoms with E-state index in [4.69, 9.17) is 0 Å². The lowest BCUT2D eigenvalue weighted by atomic mass is 10.1. The predicted octanol–water partition coefficient (Wildman–Crippen LogP) is 1.54. The summed E-state index contributed by atoms with van der Waals surface area (Å²) in [7, 11) is 1.89. The molecule has 0 saturated heterocycles. The van der Waals surface area contributed by atoms with Gasteiger partial charge in [0.2, 0.25) is 5.91 Å². The van der Waals surface area contributed by atoms with Crippen LogP contribution in [0, 0.1) is 18.8 Å². The highest BCUT2D eigenvalue weighted by atomic mass is 16.2. The molecule has 1 aromatic rings. The topological polar surface area (TPSA) is 63.1 Å². The molecular formula is C17H25N3O2. The fraction of sp³-hybridized carbons (Fsp3) is 0.647. The van der Waals surface area contributed by atoms with E-state index in [-0.39, 0.29) is 18.2 Å². The Morgan fingerprint density at radius 2 is 1.73 bits per heavy atom. The van der Waals surface area contributed by atoms with Crippen molar-refractivity contribution in [2.24, 2.45) is 18.9 Å². The molecule has 0 bridgehead atoms. The number of aromatic nitrogens is 1. The summed E-state index contributed by atoms with van der Waals surface area (Å²) in [6.45, 7) is 6.19. The molecule has 0 aromatic carbocycles. The smallest absolute Gasteiger partial charge is 0.253 e. The second-order valence-electron chi connectivity index (χ2n) is 7.10. The number of hydrogen-bond donors (Lipinski definition) is 2. The first kappa shape index (κ1) is 15.1. The number of carbonyl (C=O) groups is 2. The van der Waals surface area contributed by atoms with Gasteiger partial charge in [0.1, 0.15) is 0 Å². The van der Waals surface area contributed by atoms with Gasteiger partial charge in [0.05, 0.1) is 12.0 Å². The number of nitrogens with one attached hydrogen (secondary N) is 2. The van der Waals surface area contributed by atoms with Crippen LogP contribution >= 0.6 is 0 Å². The van der Waals surface area contributed by atoms with E-state index in [1.54, 1.807) is 0 Å². The van der Waals surface area contributed by atoms with Crippen LogP contribution in [-0.2, 0) is 18.3 Å². The van der Waals surface area contributed by atoms with Crippen molar-refractivity contribution >= 4 is 11.8 Å². The van der Waals surface area contributed by atoms with E-state index in [0.29, 0.717) is 29.5 Å². The minimum atomic E-state index is -0.0463. The fourth-order valence-corrected chi connectivity index (χ4v) is 3.06. The molecule has 120 valence electrons. The van der Waals surface area contributed by atoms with Crippen molar-refractivity contribution in [2.75, 3.05) is 0 Å². The third-order valence-corrected chi connectivity index (χ3v) is 4.93. The SMILES string of the molecule is Cc1cn(C)c(CC(=O)N[C@H]2C[C@@H]2C)c1C(=O)N[C@H]1C[C@@H]1C. The molecule has 2 amide bonds. The molecule has 0 unspecified atom stereocenters. The van der Waals surface area contributed by atoms with E-state index in [9.17, 15) is 9.59 Å². The summed E-state index contributed by atoms with van der Waals surface area (Å²) in [6, 6.07) is 0.611. The summed E-state index contributed by atoms with van der Waals surface area (Å²) in [4.78, 5) is 24.7. The summed E-state index contributed by atoms with van der Waals surface area (Å²) >= 11 is 0. The molecule has 2 aliphatic rings. The van der Waals surface area contributed by atoms with Crippen molar-refractivity contribution in [3.05, 3.63) is 23.0 Å². The average Bonchev–Trinajstić information content (AvgIpc) is 3.27. The molecule has 0 aliphatic heterocycles. The maximum absolute atomic E-state index is 12.5. The van der Waals surface area contributed by atoms with Crippen molar-refractivity contribution < 1.29 is 9.59 Å². The molecule has 2 fully saturated rings. The summed E-state index contributed by atoms with van der Waals surface area (Å²) < 4.78 is 1.90. The zero-order valence-electron chi connectivity index (χ0n) is 13.8. The molecule has 22 heavy (non-hydrogen) atoms. The third-order valence-electron chi connectivity index (χ3n) is 4.93. The Kier molecular flexibility index (Phi) is 3.75. The van der Waals surface area contributed by atoms with Gasteiger partial charge in [-0.3, -0.25) is 9.59 Å². The fourth-order valence-electron chi connectivity index (χ4n) is 3.06. The summed E-state index contributed by atoms with van der Waals surface area (Å²) in [6.07, 6.45) is 4.29. The minimum absolute atomic E-state index is 0.00406. The molecule has 5 heteroatoms. The van der Waals surface area contributed by atoms with Gasteiger partial charge < -0.3 is 15.2 Å². The van der Waals surface area contributed by atoms with Crippen molar-refractivity contribution in [2.45, 2.75) is 52.1 Å². The molecule has 2 N–H and O–H groups in total. The normalized spacial score (nSPS) is 29.1. The average molecular weight is 303 g/mol. The number of hydrogen-bond acceptors (Lipinski definition) is 2. The molecule has 4 atom stereocenters. The zero-order chi connectivity index (χ0) is 16.0. The zero-order valence-corrected chi connectivity index (χ0v) is 13.8. The Bertz CT molecular complexity index is 620. The van der Waals surface area contributed by atoms with Gasteiger partial charge >= 0.3 is 0 Å². The molecule has 5 nitrogen and oxygen atoms in total. The van der Waals surface area contributed by atoms with Crippen LogP contribution in [-0.4, -0.2) is 28.5 Å². The van der Waals surface area contributed by atoms with E-state index in [0.717, 1.165) is 24.1 Å². The van der Waals surface area contributed by atoms with Gasteiger partial charge in [0.15, 0.2) is 0 Å². The van der Waals surface area contributed by atoms with Crippen LogP contribution in [0.1, 0.15) is 48.3 Å². The Balaban J connectivity index is 1.72. The first-order valence-corrected chi connectivity index (χ1v) is 8.11. The van der Waals surface area contributed by atoms with Crippen LogP contribution in [0.15, 0.2) is 6.20 Å². The first-order valence-electron chi connectivity index (χ1n) is 8.11. The number of aryl methyl sites for hydroxylation is 2. The Hall–Kier alpha value is -1.78. The van der Waals surface area contributed by atoms with Gasteiger partial charge in [0, 0.05) is 31.0 Å². The Morgan fingerprint density at radius 3 is 2.27 bits per heavy atom. The van der Waals surface area contributed by atoms with Crippen LogP contribution in [0.3, 0.4) is 0 Å². The summed E-state index contributed by atoms with van der Waals surface area (Å²) in [5.74, 6) is 1.11. The summed E-state index contributed by atoms with van der Waals surface area (Å²) in [5.41, 5.74) is 2.39. The maximum Gasteiger partial charge on any atom is 0.253 e. The van der Waals surface area contributed by atoms with Crippen LogP contribution in [0.25, 0.3) is 0 Å². The lowest BCUT2D eigenvalue weighted by Crippen LogP contribution is -2.31. The van der Waals surface area contributed by atoms with E-state index < -0.39 is 0 Å². The number of carbonyl (C=O) groups excluding carboxylic acids is 2.